The van der Waals surface area contributed by atoms with Crippen LogP contribution in [0.4, 0.5) is 5.69 Å². The van der Waals surface area contributed by atoms with Crippen molar-refractivity contribution < 1.29 is 24.3 Å². The lowest BCUT2D eigenvalue weighted by Crippen LogP contribution is -2.48. The van der Waals surface area contributed by atoms with Gasteiger partial charge in [0, 0.05) is 32.2 Å². The van der Waals surface area contributed by atoms with Gasteiger partial charge in [-0.2, -0.15) is 0 Å². The van der Waals surface area contributed by atoms with Gasteiger partial charge in [-0.1, -0.05) is 18.2 Å². The molecule has 3 rings (SSSR count). The second-order valence-electron chi connectivity index (χ2n) is 7.35. The van der Waals surface area contributed by atoms with E-state index in [9.17, 15) is 19.2 Å². The summed E-state index contributed by atoms with van der Waals surface area (Å²) < 4.78 is 0. The van der Waals surface area contributed by atoms with Gasteiger partial charge >= 0.3 is 5.97 Å². The number of likely N-dealkylation sites (tertiary alicyclic amines) is 1. The van der Waals surface area contributed by atoms with E-state index in [4.69, 9.17) is 5.11 Å². The van der Waals surface area contributed by atoms with E-state index in [0.717, 1.165) is 11.3 Å². The summed E-state index contributed by atoms with van der Waals surface area (Å²) >= 11 is 0. The van der Waals surface area contributed by atoms with Crippen LogP contribution in [-0.4, -0.2) is 71.8 Å². The van der Waals surface area contributed by atoms with Crippen LogP contribution in [0.15, 0.2) is 24.3 Å². The fraction of sp³-hybridized carbons (Fsp3) is 0.500. The van der Waals surface area contributed by atoms with E-state index in [1.807, 2.05) is 24.3 Å². The third-order valence-corrected chi connectivity index (χ3v) is 5.48. The number of anilines is 1. The van der Waals surface area contributed by atoms with E-state index in [2.05, 4.69) is 0 Å². The first kappa shape index (κ1) is 19.9. The highest BCUT2D eigenvalue weighted by atomic mass is 16.4. The zero-order valence-electron chi connectivity index (χ0n) is 16.0. The Morgan fingerprint density at radius 2 is 1.82 bits per heavy atom. The number of rotatable bonds is 5. The van der Waals surface area contributed by atoms with Crippen LogP contribution >= 0.6 is 0 Å². The summed E-state index contributed by atoms with van der Waals surface area (Å²) in [6.07, 6.45) is 1.89. The number of carbonyl (C=O) groups excluding carboxylic acids is 3. The van der Waals surface area contributed by atoms with Gasteiger partial charge in [-0.15, -0.1) is 0 Å². The van der Waals surface area contributed by atoms with Gasteiger partial charge in [0.05, 0.1) is 12.5 Å². The standard InChI is InChI=1S/C20H25N3O5/c1-21(12-19(26)22-10-8-15(9-11-22)20(27)28)18(25)13-23-16-5-3-2-4-14(16)6-7-17(23)24/h2-5,15H,6-13H2,1H3,(H,27,28). The van der Waals surface area contributed by atoms with Crippen LogP contribution < -0.4 is 4.90 Å². The largest absolute Gasteiger partial charge is 0.481 e. The molecule has 0 atom stereocenters. The number of aryl methyl sites for hydroxylation is 1. The summed E-state index contributed by atoms with van der Waals surface area (Å²) in [4.78, 5) is 52.8. The number of carbonyl (C=O) groups is 4. The Bertz CT molecular complexity index is 786. The fourth-order valence-corrected chi connectivity index (χ4v) is 3.69. The molecule has 2 aliphatic rings. The highest BCUT2D eigenvalue weighted by Crippen LogP contribution is 2.27. The van der Waals surface area contributed by atoms with Gasteiger partial charge in [-0.3, -0.25) is 19.2 Å². The van der Waals surface area contributed by atoms with Crippen LogP contribution in [0.5, 0.6) is 0 Å². The van der Waals surface area contributed by atoms with E-state index in [1.54, 1.807) is 11.9 Å². The second-order valence-corrected chi connectivity index (χ2v) is 7.35. The van der Waals surface area contributed by atoms with Crippen LogP contribution in [0.2, 0.25) is 0 Å². The molecule has 0 bridgehead atoms. The monoisotopic (exact) mass is 387 g/mol. The molecule has 2 aliphatic heterocycles. The Kier molecular flexibility index (Phi) is 5.96. The second kappa shape index (κ2) is 8.41. The summed E-state index contributed by atoms with van der Waals surface area (Å²) in [6.45, 7) is 0.590. The SMILES string of the molecule is CN(CC(=O)N1CCC(C(=O)O)CC1)C(=O)CN1C(=O)CCc2ccccc21. The molecule has 0 saturated carbocycles. The number of aliphatic carboxylic acids is 1. The molecule has 1 saturated heterocycles. The van der Waals surface area contributed by atoms with Gasteiger partial charge in [0.25, 0.3) is 0 Å². The molecule has 150 valence electrons. The number of fused-ring (bicyclic) bond motifs is 1. The molecule has 0 spiro atoms. The molecule has 1 aromatic rings. The van der Waals surface area contributed by atoms with Crippen LogP contribution in [0.1, 0.15) is 24.8 Å². The van der Waals surface area contributed by atoms with E-state index >= 15 is 0 Å². The topological polar surface area (TPSA) is 98.2 Å². The predicted molar refractivity (Wildman–Crippen MR) is 102 cm³/mol. The fourth-order valence-electron chi connectivity index (χ4n) is 3.69. The minimum Gasteiger partial charge on any atom is -0.481 e. The molecule has 0 radical (unpaired) electrons. The van der Waals surface area contributed by atoms with E-state index in [1.165, 1.54) is 9.80 Å². The quantitative estimate of drug-likeness (QED) is 0.804. The number of piperidine rings is 1. The van der Waals surface area contributed by atoms with Crippen LogP contribution in [0, 0.1) is 5.92 Å². The van der Waals surface area contributed by atoms with Crippen LogP contribution in [0.3, 0.4) is 0 Å². The number of hydrogen-bond acceptors (Lipinski definition) is 4. The van der Waals surface area contributed by atoms with Crippen molar-refractivity contribution in [2.45, 2.75) is 25.7 Å². The maximum absolute atomic E-state index is 12.6. The van der Waals surface area contributed by atoms with Crippen molar-refractivity contribution in [2.24, 2.45) is 5.92 Å². The maximum atomic E-state index is 12.6. The molecule has 1 N–H and O–H groups in total. The number of hydrogen-bond donors (Lipinski definition) is 1. The zero-order valence-corrected chi connectivity index (χ0v) is 16.0. The molecular weight excluding hydrogens is 362 g/mol. The molecule has 2 heterocycles. The minimum absolute atomic E-state index is 0.0831. The van der Waals surface area contributed by atoms with Crippen molar-refractivity contribution in [3.05, 3.63) is 29.8 Å². The van der Waals surface area contributed by atoms with Crippen molar-refractivity contribution in [2.75, 3.05) is 38.1 Å². The van der Waals surface area contributed by atoms with Crippen LogP contribution in [0.25, 0.3) is 0 Å². The lowest BCUT2D eigenvalue weighted by molar-refractivity contribution is -0.146. The van der Waals surface area contributed by atoms with Crippen molar-refractivity contribution in [3.63, 3.8) is 0 Å². The normalized spacial score (nSPS) is 17.2. The van der Waals surface area contributed by atoms with Crippen molar-refractivity contribution >= 4 is 29.4 Å². The average molecular weight is 387 g/mol. The number of benzene rings is 1. The number of amides is 3. The van der Waals surface area contributed by atoms with Crippen LogP contribution in [-0.2, 0) is 25.6 Å². The summed E-state index contributed by atoms with van der Waals surface area (Å²) in [5.74, 6) is -1.84. The summed E-state index contributed by atoms with van der Waals surface area (Å²) in [5, 5.41) is 9.04. The lowest BCUT2D eigenvalue weighted by Gasteiger charge is -2.32. The van der Waals surface area contributed by atoms with E-state index < -0.39 is 11.9 Å². The van der Waals surface area contributed by atoms with Gasteiger partial charge in [-0.25, -0.2) is 0 Å². The third-order valence-electron chi connectivity index (χ3n) is 5.48. The van der Waals surface area contributed by atoms with Crippen molar-refractivity contribution in [1.82, 2.24) is 9.80 Å². The van der Waals surface area contributed by atoms with Gasteiger partial charge in [-0.05, 0) is 30.9 Å². The Morgan fingerprint density at radius 1 is 1.14 bits per heavy atom. The average Bonchev–Trinajstić information content (AvgIpc) is 2.70. The molecule has 28 heavy (non-hydrogen) atoms. The number of carboxylic acid groups (broad SMARTS) is 1. The first-order valence-electron chi connectivity index (χ1n) is 9.49. The van der Waals surface area contributed by atoms with E-state index in [0.29, 0.717) is 38.8 Å². The lowest BCUT2D eigenvalue weighted by atomic mass is 9.97. The first-order valence-corrected chi connectivity index (χ1v) is 9.49. The number of carboxylic acids is 1. The van der Waals surface area contributed by atoms with Crippen molar-refractivity contribution in [1.29, 1.82) is 0 Å². The zero-order chi connectivity index (χ0) is 20.3. The van der Waals surface area contributed by atoms with Gasteiger partial charge in [0.2, 0.25) is 17.7 Å². The smallest absolute Gasteiger partial charge is 0.306 e. The van der Waals surface area contributed by atoms with Gasteiger partial charge in [0.15, 0.2) is 0 Å². The molecule has 0 aliphatic carbocycles. The first-order chi connectivity index (χ1) is 13.4. The Balaban J connectivity index is 1.56. The van der Waals surface area contributed by atoms with Gasteiger partial charge < -0.3 is 19.8 Å². The molecule has 0 aromatic heterocycles. The molecule has 8 nitrogen and oxygen atoms in total. The molecule has 8 heteroatoms. The van der Waals surface area contributed by atoms with E-state index in [-0.39, 0.29) is 30.8 Å². The third kappa shape index (κ3) is 4.32. The minimum atomic E-state index is -0.828. The van der Waals surface area contributed by atoms with Gasteiger partial charge in [0.1, 0.15) is 6.54 Å². The summed E-state index contributed by atoms with van der Waals surface area (Å²) in [6, 6.07) is 7.53. The Labute approximate surface area is 163 Å². The van der Waals surface area contributed by atoms with Crippen molar-refractivity contribution in [3.8, 4) is 0 Å². The highest BCUT2D eigenvalue weighted by molar-refractivity contribution is 6.01. The molecule has 1 aromatic carbocycles. The predicted octanol–water partition coefficient (Wildman–Crippen LogP) is 0.747. The molecular formula is C20H25N3O5. The number of para-hydroxylation sites is 1. The molecule has 3 amide bonds. The highest BCUT2D eigenvalue weighted by Gasteiger charge is 2.30. The molecule has 1 fully saturated rings. The molecule has 0 unspecified atom stereocenters. The Morgan fingerprint density at radius 3 is 2.50 bits per heavy atom. The maximum Gasteiger partial charge on any atom is 0.306 e. The number of likely N-dealkylation sites (N-methyl/N-ethyl adjacent to an activating group) is 1. The summed E-state index contributed by atoms with van der Waals surface area (Å²) in [7, 11) is 1.55. The Hall–Kier alpha value is -2.90. The summed E-state index contributed by atoms with van der Waals surface area (Å²) in [5.41, 5.74) is 1.79. The number of nitrogens with zero attached hydrogens (tertiary/aromatic N) is 3.